The summed E-state index contributed by atoms with van der Waals surface area (Å²) in [4.78, 5) is 2.27. The van der Waals surface area contributed by atoms with E-state index in [0.29, 0.717) is 10.0 Å². The molecule has 1 heterocycles. The molecular weight excluding hydrogens is 339 g/mol. The minimum Gasteiger partial charge on any atom is -0.362 e. The number of fused-ring (bicyclic) bond motifs is 1. The summed E-state index contributed by atoms with van der Waals surface area (Å²) in [6.45, 7) is 1.71. The molecule has 4 heteroatoms. The number of hydrogen-bond acceptors (Lipinski definition) is 2. The SMILES string of the molecule is Clc1ccc(N2Cc3ccc(Nc4ccccc4)cc3C2)c(Cl)c1. The lowest BCUT2D eigenvalue weighted by Gasteiger charge is -2.19. The van der Waals surface area contributed by atoms with Gasteiger partial charge in [0.2, 0.25) is 0 Å². The van der Waals surface area contributed by atoms with Crippen molar-refractivity contribution in [3.63, 3.8) is 0 Å². The Morgan fingerprint density at radius 3 is 2.33 bits per heavy atom. The Hall–Kier alpha value is -2.16. The van der Waals surface area contributed by atoms with Crippen LogP contribution >= 0.6 is 23.2 Å². The molecule has 1 aliphatic heterocycles. The van der Waals surface area contributed by atoms with E-state index in [1.807, 2.05) is 30.3 Å². The van der Waals surface area contributed by atoms with E-state index in [-0.39, 0.29) is 0 Å². The van der Waals surface area contributed by atoms with Crippen LogP contribution in [0.4, 0.5) is 17.1 Å². The van der Waals surface area contributed by atoms with Gasteiger partial charge >= 0.3 is 0 Å². The van der Waals surface area contributed by atoms with Crippen LogP contribution in [0.15, 0.2) is 66.7 Å². The number of nitrogens with one attached hydrogen (secondary N) is 1. The van der Waals surface area contributed by atoms with E-state index >= 15 is 0 Å². The fourth-order valence-corrected chi connectivity index (χ4v) is 3.60. The number of para-hydroxylation sites is 1. The molecule has 0 bridgehead atoms. The summed E-state index contributed by atoms with van der Waals surface area (Å²) >= 11 is 12.4. The van der Waals surface area contributed by atoms with Gasteiger partial charge in [-0.05, 0) is 53.6 Å². The Kier molecular flexibility index (Phi) is 4.09. The zero-order valence-corrected chi connectivity index (χ0v) is 14.5. The summed E-state index contributed by atoms with van der Waals surface area (Å²) in [5, 5.41) is 4.80. The van der Waals surface area contributed by atoms with Crippen LogP contribution in [0.3, 0.4) is 0 Å². The Morgan fingerprint density at radius 2 is 1.54 bits per heavy atom. The third-order valence-electron chi connectivity index (χ3n) is 4.24. The van der Waals surface area contributed by atoms with E-state index in [2.05, 4.69) is 40.5 Å². The second-order valence-electron chi connectivity index (χ2n) is 5.93. The maximum absolute atomic E-state index is 6.35. The number of rotatable bonds is 3. The highest BCUT2D eigenvalue weighted by Gasteiger charge is 2.21. The molecule has 3 aromatic rings. The maximum Gasteiger partial charge on any atom is 0.0654 e. The fourth-order valence-electron chi connectivity index (χ4n) is 3.07. The molecule has 120 valence electrons. The molecule has 4 rings (SSSR count). The molecule has 0 radical (unpaired) electrons. The lowest BCUT2D eigenvalue weighted by molar-refractivity contribution is 0.881. The average molecular weight is 355 g/mol. The van der Waals surface area contributed by atoms with Gasteiger partial charge in [0.25, 0.3) is 0 Å². The fraction of sp³-hybridized carbons (Fsp3) is 0.100. The van der Waals surface area contributed by atoms with Gasteiger partial charge in [-0.3, -0.25) is 0 Å². The van der Waals surface area contributed by atoms with Crippen LogP contribution in [-0.2, 0) is 13.1 Å². The quantitative estimate of drug-likeness (QED) is 0.597. The number of anilines is 3. The summed E-state index contributed by atoms with van der Waals surface area (Å²) in [5.41, 5.74) is 5.87. The summed E-state index contributed by atoms with van der Waals surface area (Å²) in [6.07, 6.45) is 0. The van der Waals surface area contributed by atoms with Crippen LogP contribution in [0, 0.1) is 0 Å². The average Bonchev–Trinajstić information content (AvgIpc) is 2.98. The van der Waals surface area contributed by atoms with E-state index < -0.39 is 0 Å². The van der Waals surface area contributed by atoms with E-state index in [0.717, 1.165) is 30.2 Å². The van der Waals surface area contributed by atoms with Gasteiger partial charge in [-0.1, -0.05) is 47.5 Å². The van der Waals surface area contributed by atoms with Crippen molar-refractivity contribution in [2.45, 2.75) is 13.1 Å². The number of benzene rings is 3. The van der Waals surface area contributed by atoms with Gasteiger partial charge in [0.15, 0.2) is 0 Å². The summed E-state index contributed by atoms with van der Waals surface area (Å²) in [6, 6.07) is 22.4. The van der Waals surface area contributed by atoms with Gasteiger partial charge in [0, 0.05) is 29.5 Å². The third-order valence-corrected chi connectivity index (χ3v) is 4.78. The molecule has 2 nitrogen and oxygen atoms in total. The Bertz CT molecular complexity index is 878. The maximum atomic E-state index is 6.35. The van der Waals surface area contributed by atoms with Crippen LogP contribution in [0.1, 0.15) is 11.1 Å². The highest BCUT2D eigenvalue weighted by atomic mass is 35.5. The standard InChI is InChI=1S/C20H16Cl2N2/c21-16-7-9-20(19(22)11-16)24-12-14-6-8-18(10-15(14)13-24)23-17-4-2-1-3-5-17/h1-11,23H,12-13H2. The molecule has 3 aromatic carbocycles. The largest absolute Gasteiger partial charge is 0.362 e. The minimum atomic E-state index is 0.662. The molecule has 0 atom stereocenters. The smallest absolute Gasteiger partial charge is 0.0654 e. The first-order valence-corrected chi connectivity index (χ1v) is 8.58. The normalized spacial score (nSPS) is 13.0. The molecule has 1 aliphatic rings. The molecule has 24 heavy (non-hydrogen) atoms. The predicted molar refractivity (Wildman–Crippen MR) is 103 cm³/mol. The third kappa shape index (κ3) is 3.08. The predicted octanol–water partition coefficient (Wildman–Crippen LogP) is 6.26. The lowest BCUT2D eigenvalue weighted by Crippen LogP contribution is -2.14. The van der Waals surface area contributed by atoms with Gasteiger partial charge in [-0.15, -0.1) is 0 Å². The zero-order chi connectivity index (χ0) is 16.5. The second kappa shape index (κ2) is 6.39. The van der Waals surface area contributed by atoms with Gasteiger partial charge in [-0.25, -0.2) is 0 Å². The van der Waals surface area contributed by atoms with E-state index in [4.69, 9.17) is 23.2 Å². The molecule has 0 aliphatic carbocycles. The van der Waals surface area contributed by atoms with Crippen molar-refractivity contribution in [3.05, 3.63) is 87.9 Å². The number of hydrogen-bond donors (Lipinski definition) is 1. The molecule has 0 saturated carbocycles. The molecule has 1 N–H and O–H groups in total. The second-order valence-corrected chi connectivity index (χ2v) is 6.77. The first-order chi connectivity index (χ1) is 11.7. The van der Waals surface area contributed by atoms with E-state index in [1.54, 1.807) is 6.07 Å². The first kappa shape index (κ1) is 15.4. The number of halogens is 2. The van der Waals surface area contributed by atoms with E-state index in [1.165, 1.54) is 11.1 Å². The molecule has 0 spiro atoms. The van der Waals surface area contributed by atoms with Crippen LogP contribution in [-0.4, -0.2) is 0 Å². The van der Waals surface area contributed by atoms with Gasteiger partial charge < -0.3 is 10.2 Å². The first-order valence-electron chi connectivity index (χ1n) is 7.83. The topological polar surface area (TPSA) is 15.3 Å². The van der Waals surface area contributed by atoms with Crippen LogP contribution in [0.5, 0.6) is 0 Å². The minimum absolute atomic E-state index is 0.662. The highest BCUT2D eigenvalue weighted by Crippen LogP contribution is 2.35. The number of nitrogens with zero attached hydrogens (tertiary/aromatic N) is 1. The van der Waals surface area contributed by atoms with Crippen molar-refractivity contribution in [1.82, 2.24) is 0 Å². The van der Waals surface area contributed by atoms with Crippen molar-refractivity contribution in [3.8, 4) is 0 Å². The van der Waals surface area contributed by atoms with Crippen molar-refractivity contribution >= 4 is 40.3 Å². The molecule has 0 unspecified atom stereocenters. The van der Waals surface area contributed by atoms with Crippen molar-refractivity contribution in [2.75, 3.05) is 10.2 Å². The molecule has 0 saturated heterocycles. The Morgan fingerprint density at radius 1 is 0.750 bits per heavy atom. The molecule has 0 aromatic heterocycles. The molecule has 0 amide bonds. The van der Waals surface area contributed by atoms with Gasteiger partial charge in [0.05, 0.1) is 10.7 Å². The summed E-state index contributed by atoms with van der Waals surface area (Å²) in [7, 11) is 0. The molecule has 0 fully saturated rings. The Balaban J connectivity index is 1.56. The summed E-state index contributed by atoms with van der Waals surface area (Å²) < 4.78 is 0. The lowest BCUT2D eigenvalue weighted by atomic mass is 10.1. The van der Waals surface area contributed by atoms with Gasteiger partial charge in [-0.2, -0.15) is 0 Å². The van der Waals surface area contributed by atoms with Crippen molar-refractivity contribution in [2.24, 2.45) is 0 Å². The Labute approximate surface area is 151 Å². The highest BCUT2D eigenvalue weighted by molar-refractivity contribution is 6.36. The van der Waals surface area contributed by atoms with Crippen LogP contribution in [0.25, 0.3) is 0 Å². The summed E-state index contributed by atoms with van der Waals surface area (Å²) in [5.74, 6) is 0. The van der Waals surface area contributed by atoms with E-state index in [9.17, 15) is 0 Å². The van der Waals surface area contributed by atoms with Crippen LogP contribution in [0.2, 0.25) is 10.0 Å². The molecular formula is C20H16Cl2N2. The van der Waals surface area contributed by atoms with Gasteiger partial charge in [0.1, 0.15) is 0 Å². The van der Waals surface area contributed by atoms with Crippen molar-refractivity contribution in [1.29, 1.82) is 0 Å². The van der Waals surface area contributed by atoms with Crippen LogP contribution < -0.4 is 10.2 Å². The van der Waals surface area contributed by atoms with Crippen molar-refractivity contribution < 1.29 is 0 Å². The monoisotopic (exact) mass is 354 g/mol. The zero-order valence-electron chi connectivity index (χ0n) is 13.0.